The third-order valence-electron chi connectivity index (χ3n) is 6.34. The highest BCUT2D eigenvalue weighted by atomic mass is 16.7. The smallest absolute Gasteiger partial charge is 0.220 e. The number of amides is 1. The first-order chi connectivity index (χ1) is 16.8. The van der Waals surface area contributed by atoms with Crippen LogP contribution in [-0.2, 0) is 14.3 Å². The third-order valence-corrected chi connectivity index (χ3v) is 6.34. The minimum atomic E-state index is -1.56. The van der Waals surface area contributed by atoms with Crippen LogP contribution in [0.2, 0.25) is 0 Å². The number of aliphatic hydroxyl groups is 5. The number of unbranched alkanes of at least 4 members (excludes halogenated alkanes) is 9. The first kappa shape index (κ1) is 32.0. The summed E-state index contributed by atoms with van der Waals surface area (Å²) in [6.07, 6.45) is 7.83. The van der Waals surface area contributed by atoms with Gasteiger partial charge in [-0.25, -0.2) is 0 Å². The van der Waals surface area contributed by atoms with Crippen LogP contribution >= 0.6 is 0 Å². The molecule has 0 aromatic carbocycles. The van der Waals surface area contributed by atoms with E-state index in [0.29, 0.717) is 6.42 Å². The summed E-state index contributed by atoms with van der Waals surface area (Å²) in [6.45, 7) is 3.47. The Morgan fingerprint density at radius 3 is 2.17 bits per heavy atom. The molecule has 1 aliphatic heterocycles. The van der Waals surface area contributed by atoms with Gasteiger partial charge >= 0.3 is 0 Å². The van der Waals surface area contributed by atoms with Crippen LogP contribution in [0.4, 0.5) is 0 Å². The van der Waals surface area contributed by atoms with Gasteiger partial charge in [0, 0.05) is 6.42 Å². The minimum absolute atomic E-state index is 0.191. The van der Waals surface area contributed by atoms with Crippen molar-refractivity contribution < 1.29 is 39.8 Å². The summed E-state index contributed by atoms with van der Waals surface area (Å²) in [6, 6.07) is -0.790. The van der Waals surface area contributed by atoms with Crippen molar-refractivity contribution in [1.82, 2.24) is 5.32 Å². The maximum absolute atomic E-state index is 12.5. The maximum atomic E-state index is 12.5. The largest absolute Gasteiger partial charge is 0.394 e. The zero-order valence-electron chi connectivity index (χ0n) is 21.6. The number of nitrogens with one attached hydrogen (secondary N) is 1. The predicted molar refractivity (Wildman–Crippen MR) is 134 cm³/mol. The Balaban J connectivity index is 2.52. The summed E-state index contributed by atoms with van der Waals surface area (Å²) >= 11 is 0. The van der Waals surface area contributed by atoms with Crippen LogP contribution in [0.25, 0.3) is 0 Å². The molecule has 1 heterocycles. The van der Waals surface area contributed by atoms with Gasteiger partial charge in [-0.15, -0.1) is 0 Å². The molecular formula is C26H49NO8. The number of rotatable bonds is 19. The zero-order valence-corrected chi connectivity index (χ0v) is 21.6. The van der Waals surface area contributed by atoms with E-state index in [1.807, 2.05) is 13.0 Å². The van der Waals surface area contributed by atoms with Crippen LogP contribution in [-0.4, -0.2) is 87.5 Å². The zero-order chi connectivity index (χ0) is 26.1. The standard InChI is InChI=1S/C26H49NO8/c1-3-5-7-8-9-10-11-12-14-16-22(30)27-19(20(29)15-13-6-4-2)18-34-26-25(33)24(32)23(31)21(17-28)35-26/h13,15,19-21,23-26,28-29,31-33H,3-12,14,16-18H2,1-2H3,(H,27,30)/b15-13+. The average molecular weight is 504 g/mol. The average Bonchev–Trinajstić information content (AvgIpc) is 2.85. The van der Waals surface area contributed by atoms with E-state index in [0.717, 1.165) is 32.1 Å². The predicted octanol–water partition coefficient (Wildman–Crippen LogP) is 1.93. The molecule has 1 saturated heterocycles. The molecule has 1 rings (SSSR count). The number of aliphatic hydroxyl groups excluding tert-OH is 5. The molecule has 0 radical (unpaired) electrons. The summed E-state index contributed by atoms with van der Waals surface area (Å²) in [5.74, 6) is -0.196. The van der Waals surface area contributed by atoms with Crippen molar-refractivity contribution in [2.24, 2.45) is 0 Å². The van der Waals surface area contributed by atoms with Gasteiger partial charge in [0.1, 0.15) is 24.4 Å². The number of allylic oxidation sites excluding steroid dienone is 1. The quantitative estimate of drug-likeness (QED) is 0.116. The lowest BCUT2D eigenvalue weighted by Gasteiger charge is -2.40. The fourth-order valence-corrected chi connectivity index (χ4v) is 4.04. The van der Waals surface area contributed by atoms with Crippen LogP contribution in [0.5, 0.6) is 0 Å². The molecule has 1 amide bonds. The summed E-state index contributed by atoms with van der Waals surface area (Å²) in [5.41, 5.74) is 0. The van der Waals surface area contributed by atoms with Gasteiger partial charge < -0.3 is 40.3 Å². The highest BCUT2D eigenvalue weighted by Crippen LogP contribution is 2.22. The normalized spacial score (nSPS) is 26.7. The summed E-state index contributed by atoms with van der Waals surface area (Å²) in [5, 5.41) is 52.7. The fourth-order valence-electron chi connectivity index (χ4n) is 4.04. The Labute approximate surface area is 210 Å². The van der Waals surface area contributed by atoms with Crippen molar-refractivity contribution in [3.05, 3.63) is 12.2 Å². The number of carbonyl (C=O) groups is 1. The summed E-state index contributed by atoms with van der Waals surface area (Å²) in [7, 11) is 0. The first-order valence-electron chi connectivity index (χ1n) is 13.4. The molecule has 0 bridgehead atoms. The van der Waals surface area contributed by atoms with Gasteiger partial charge in [0.15, 0.2) is 6.29 Å². The molecule has 1 aliphatic rings. The second-order valence-electron chi connectivity index (χ2n) is 9.49. The molecule has 0 spiro atoms. The van der Waals surface area contributed by atoms with Crippen molar-refractivity contribution >= 4 is 5.91 Å². The van der Waals surface area contributed by atoms with Gasteiger partial charge in [-0.05, 0) is 12.8 Å². The molecule has 0 aromatic heterocycles. The van der Waals surface area contributed by atoms with E-state index < -0.39 is 49.5 Å². The summed E-state index contributed by atoms with van der Waals surface area (Å²) < 4.78 is 10.9. The van der Waals surface area contributed by atoms with Crippen molar-refractivity contribution in [3.8, 4) is 0 Å². The molecule has 9 nitrogen and oxygen atoms in total. The van der Waals surface area contributed by atoms with E-state index >= 15 is 0 Å². The van der Waals surface area contributed by atoms with Crippen LogP contribution in [0.3, 0.4) is 0 Å². The van der Waals surface area contributed by atoms with Gasteiger partial charge in [0.25, 0.3) is 0 Å². The molecule has 0 aromatic rings. The molecule has 7 unspecified atom stereocenters. The molecule has 7 atom stereocenters. The molecule has 35 heavy (non-hydrogen) atoms. The van der Waals surface area contributed by atoms with E-state index in [4.69, 9.17) is 9.47 Å². The minimum Gasteiger partial charge on any atom is -0.394 e. The van der Waals surface area contributed by atoms with Crippen LogP contribution in [0.1, 0.15) is 90.9 Å². The molecule has 0 aliphatic carbocycles. The second-order valence-corrected chi connectivity index (χ2v) is 9.49. The first-order valence-corrected chi connectivity index (χ1v) is 13.4. The number of carbonyl (C=O) groups excluding carboxylic acids is 1. The highest BCUT2D eigenvalue weighted by molar-refractivity contribution is 5.76. The Bertz CT molecular complexity index is 574. The molecule has 206 valence electrons. The van der Waals surface area contributed by atoms with Crippen molar-refractivity contribution in [2.75, 3.05) is 13.2 Å². The van der Waals surface area contributed by atoms with Gasteiger partial charge in [-0.2, -0.15) is 0 Å². The van der Waals surface area contributed by atoms with E-state index in [9.17, 15) is 30.3 Å². The number of hydrogen-bond donors (Lipinski definition) is 6. The van der Waals surface area contributed by atoms with Gasteiger partial charge in [-0.1, -0.05) is 83.8 Å². The lowest BCUT2D eigenvalue weighted by molar-refractivity contribution is -0.302. The monoisotopic (exact) mass is 503 g/mol. The molecule has 1 fully saturated rings. The van der Waals surface area contributed by atoms with Gasteiger partial charge in [0.2, 0.25) is 5.91 Å². The lowest BCUT2D eigenvalue weighted by atomic mass is 9.99. The van der Waals surface area contributed by atoms with Gasteiger partial charge in [0.05, 0.1) is 25.4 Å². The Morgan fingerprint density at radius 1 is 0.943 bits per heavy atom. The van der Waals surface area contributed by atoms with E-state index in [1.165, 1.54) is 38.5 Å². The van der Waals surface area contributed by atoms with E-state index in [1.54, 1.807) is 6.08 Å². The summed E-state index contributed by atoms with van der Waals surface area (Å²) in [4.78, 5) is 12.5. The van der Waals surface area contributed by atoms with Crippen molar-refractivity contribution in [2.45, 2.75) is 134 Å². The highest BCUT2D eigenvalue weighted by Gasteiger charge is 2.44. The van der Waals surface area contributed by atoms with Gasteiger partial charge in [-0.3, -0.25) is 4.79 Å². The Morgan fingerprint density at radius 2 is 1.57 bits per heavy atom. The molecule has 6 N–H and O–H groups in total. The fraction of sp³-hybridized carbons (Fsp3) is 0.885. The molecule has 9 heteroatoms. The van der Waals surface area contributed by atoms with E-state index in [-0.39, 0.29) is 12.5 Å². The number of hydrogen-bond acceptors (Lipinski definition) is 8. The van der Waals surface area contributed by atoms with Crippen LogP contribution in [0, 0.1) is 0 Å². The SMILES string of the molecule is CCC/C=C/C(O)C(COC1OC(CO)C(O)C(O)C1O)NC(=O)CCCCCCCCCCC. The second kappa shape index (κ2) is 19.1. The Kier molecular flexibility index (Phi) is 17.4. The molecular weight excluding hydrogens is 454 g/mol. The number of ether oxygens (including phenoxy) is 2. The molecule has 0 saturated carbocycles. The van der Waals surface area contributed by atoms with Crippen LogP contribution < -0.4 is 5.32 Å². The lowest BCUT2D eigenvalue weighted by Crippen LogP contribution is -2.60. The maximum Gasteiger partial charge on any atom is 0.220 e. The Hall–Kier alpha value is -1.07. The van der Waals surface area contributed by atoms with Crippen molar-refractivity contribution in [1.29, 1.82) is 0 Å². The van der Waals surface area contributed by atoms with Crippen molar-refractivity contribution in [3.63, 3.8) is 0 Å². The topological polar surface area (TPSA) is 149 Å². The third kappa shape index (κ3) is 12.6. The van der Waals surface area contributed by atoms with Crippen LogP contribution in [0.15, 0.2) is 12.2 Å². The van der Waals surface area contributed by atoms with E-state index in [2.05, 4.69) is 12.2 Å².